The molecule has 3 heterocycles. The fourth-order valence-corrected chi connectivity index (χ4v) is 4.64. The molecule has 2 saturated heterocycles. The zero-order valence-corrected chi connectivity index (χ0v) is 20.8. The zero-order valence-electron chi connectivity index (χ0n) is 17.6. The number of hydrogen-bond acceptors (Lipinski definition) is 5. The minimum atomic E-state index is 0. The van der Waals surface area contributed by atoms with Crippen molar-refractivity contribution in [2.45, 2.75) is 38.6 Å². The van der Waals surface area contributed by atoms with E-state index >= 15 is 0 Å². The minimum Gasteiger partial charge on any atom is -0.381 e. The number of nitrogens with one attached hydrogen (secondary N) is 2. The van der Waals surface area contributed by atoms with E-state index in [-0.39, 0.29) is 24.0 Å². The third kappa shape index (κ3) is 8.69. The van der Waals surface area contributed by atoms with Gasteiger partial charge in [0, 0.05) is 37.1 Å². The number of hydrogen-bond donors (Lipinski definition) is 2. The normalized spacial score (nSPS) is 21.1. The topological polar surface area (TPSA) is 58.1 Å². The van der Waals surface area contributed by atoms with Crippen LogP contribution in [0.1, 0.15) is 43.5 Å². The Morgan fingerprint density at radius 2 is 2.24 bits per heavy atom. The second-order valence-electron chi connectivity index (χ2n) is 7.58. The predicted octanol–water partition coefficient (Wildman–Crippen LogP) is 3.50. The summed E-state index contributed by atoms with van der Waals surface area (Å²) in [5, 5.41) is 9.01. The van der Waals surface area contributed by atoms with E-state index in [1.165, 1.54) is 30.8 Å². The standard InChI is InChI=1S/C21H36N4O2S.HI/c1-2-22-21(23-9-6-12-26-16-18-8-13-27-17-18)24-15-19(20-7-5-14-28-20)25-10-3-4-11-25;/h5,7,14,18-19H,2-4,6,8-13,15-17H2,1H3,(H2,22,23,24);1H. The van der Waals surface area contributed by atoms with Gasteiger partial charge in [0.25, 0.3) is 0 Å². The maximum absolute atomic E-state index is 5.79. The van der Waals surface area contributed by atoms with Crippen LogP contribution in [-0.2, 0) is 9.47 Å². The smallest absolute Gasteiger partial charge is 0.191 e. The first-order valence-electron chi connectivity index (χ1n) is 10.8. The highest BCUT2D eigenvalue weighted by molar-refractivity contribution is 14.0. The highest BCUT2D eigenvalue weighted by atomic mass is 127. The van der Waals surface area contributed by atoms with Crippen LogP contribution >= 0.6 is 35.3 Å². The van der Waals surface area contributed by atoms with Gasteiger partial charge in [0.15, 0.2) is 5.96 Å². The average molecular weight is 537 g/mol. The fraction of sp³-hybridized carbons (Fsp3) is 0.762. The Balaban J connectivity index is 0.00000300. The summed E-state index contributed by atoms with van der Waals surface area (Å²) in [6.45, 7) is 10.4. The van der Waals surface area contributed by atoms with E-state index in [9.17, 15) is 0 Å². The number of likely N-dealkylation sites (tertiary alicyclic amines) is 1. The molecule has 0 aromatic carbocycles. The summed E-state index contributed by atoms with van der Waals surface area (Å²) < 4.78 is 11.2. The van der Waals surface area contributed by atoms with E-state index in [4.69, 9.17) is 14.5 Å². The van der Waals surface area contributed by atoms with Crippen molar-refractivity contribution in [3.63, 3.8) is 0 Å². The van der Waals surface area contributed by atoms with Crippen molar-refractivity contribution < 1.29 is 9.47 Å². The lowest BCUT2D eigenvalue weighted by Gasteiger charge is -2.25. The number of guanidine groups is 1. The first-order chi connectivity index (χ1) is 13.9. The van der Waals surface area contributed by atoms with E-state index in [1.54, 1.807) is 0 Å². The van der Waals surface area contributed by atoms with Crippen molar-refractivity contribution in [1.82, 2.24) is 15.5 Å². The summed E-state index contributed by atoms with van der Waals surface area (Å²) in [6, 6.07) is 4.79. The van der Waals surface area contributed by atoms with Crippen LogP contribution < -0.4 is 10.6 Å². The molecule has 1 aromatic rings. The van der Waals surface area contributed by atoms with Crippen molar-refractivity contribution in [2.24, 2.45) is 10.9 Å². The molecular formula is C21H37IN4O2S. The molecule has 2 fully saturated rings. The van der Waals surface area contributed by atoms with E-state index in [0.29, 0.717) is 12.0 Å². The quantitative estimate of drug-likeness (QED) is 0.196. The highest BCUT2D eigenvalue weighted by Crippen LogP contribution is 2.28. The molecule has 0 spiro atoms. The van der Waals surface area contributed by atoms with Gasteiger partial charge in [-0.25, -0.2) is 0 Å². The molecule has 2 atom stereocenters. The minimum absolute atomic E-state index is 0. The number of nitrogens with zero attached hydrogens (tertiary/aromatic N) is 2. The van der Waals surface area contributed by atoms with Gasteiger partial charge in [0.1, 0.15) is 0 Å². The molecule has 2 N–H and O–H groups in total. The summed E-state index contributed by atoms with van der Waals surface area (Å²) in [7, 11) is 0. The van der Waals surface area contributed by atoms with Crippen LogP contribution in [0.25, 0.3) is 0 Å². The molecule has 0 bridgehead atoms. The monoisotopic (exact) mass is 536 g/mol. The second kappa shape index (κ2) is 14.6. The second-order valence-corrected chi connectivity index (χ2v) is 8.56. The van der Waals surface area contributed by atoms with Crippen LogP contribution in [-0.4, -0.2) is 70.0 Å². The van der Waals surface area contributed by atoms with Crippen molar-refractivity contribution in [3.8, 4) is 0 Å². The SMILES string of the molecule is CCNC(=NCC(c1cccs1)N1CCCC1)NCCCOCC1CCOC1.I. The zero-order chi connectivity index (χ0) is 19.4. The molecular weight excluding hydrogens is 499 g/mol. The van der Waals surface area contributed by atoms with Gasteiger partial charge >= 0.3 is 0 Å². The molecule has 0 radical (unpaired) electrons. The highest BCUT2D eigenvalue weighted by Gasteiger charge is 2.24. The largest absolute Gasteiger partial charge is 0.381 e. The molecule has 3 rings (SSSR count). The maximum Gasteiger partial charge on any atom is 0.191 e. The summed E-state index contributed by atoms with van der Waals surface area (Å²) in [5.41, 5.74) is 0. The number of halogens is 1. The molecule has 1 aromatic heterocycles. The lowest BCUT2D eigenvalue weighted by atomic mass is 10.1. The number of ether oxygens (including phenoxy) is 2. The van der Waals surface area contributed by atoms with Crippen LogP contribution in [0, 0.1) is 5.92 Å². The average Bonchev–Trinajstić information content (AvgIpc) is 3.48. The molecule has 0 aliphatic carbocycles. The van der Waals surface area contributed by atoms with E-state index < -0.39 is 0 Å². The van der Waals surface area contributed by atoms with Gasteiger partial charge in [-0.1, -0.05) is 6.07 Å². The first kappa shape index (κ1) is 24.8. The Labute approximate surface area is 196 Å². The van der Waals surface area contributed by atoms with Gasteiger partial charge in [-0.3, -0.25) is 9.89 Å². The third-order valence-electron chi connectivity index (χ3n) is 5.36. The number of aliphatic imine (C=N–C) groups is 1. The van der Waals surface area contributed by atoms with Crippen molar-refractivity contribution in [2.75, 3.05) is 59.2 Å². The van der Waals surface area contributed by atoms with Gasteiger partial charge in [-0.05, 0) is 57.1 Å². The Kier molecular flexibility index (Phi) is 12.5. The Morgan fingerprint density at radius 1 is 1.38 bits per heavy atom. The molecule has 8 heteroatoms. The lowest BCUT2D eigenvalue weighted by molar-refractivity contribution is 0.0888. The van der Waals surface area contributed by atoms with E-state index in [0.717, 1.165) is 64.9 Å². The summed E-state index contributed by atoms with van der Waals surface area (Å²) in [6.07, 6.45) is 4.73. The number of rotatable bonds is 11. The Hall–Kier alpha value is -0.420. The van der Waals surface area contributed by atoms with Gasteiger partial charge in [-0.2, -0.15) is 0 Å². The first-order valence-corrected chi connectivity index (χ1v) is 11.7. The van der Waals surface area contributed by atoms with E-state index in [1.807, 2.05) is 11.3 Å². The molecule has 0 amide bonds. The van der Waals surface area contributed by atoms with Gasteiger partial charge in [0.05, 0.1) is 25.8 Å². The van der Waals surface area contributed by atoms with Crippen LogP contribution in [0.5, 0.6) is 0 Å². The molecule has 2 aliphatic rings. The van der Waals surface area contributed by atoms with Crippen molar-refractivity contribution >= 4 is 41.3 Å². The number of thiophene rings is 1. The van der Waals surface area contributed by atoms with E-state index in [2.05, 4.69) is 40.0 Å². The molecule has 6 nitrogen and oxygen atoms in total. The Bertz CT molecular complexity index is 561. The molecule has 2 aliphatic heterocycles. The predicted molar refractivity (Wildman–Crippen MR) is 132 cm³/mol. The third-order valence-corrected chi connectivity index (χ3v) is 6.33. The molecule has 0 saturated carbocycles. The van der Waals surface area contributed by atoms with Gasteiger partial charge in [0.2, 0.25) is 0 Å². The summed E-state index contributed by atoms with van der Waals surface area (Å²) in [4.78, 5) is 8.90. The van der Waals surface area contributed by atoms with Crippen LogP contribution in [0.4, 0.5) is 0 Å². The summed E-state index contributed by atoms with van der Waals surface area (Å²) >= 11 is 1.84. The van der Waals surface area contributed by atoms with Gasteiger partial charge in [-0.15, -0.1) is 35.3 Å². The van der Waals surface area contributed by atoms with Gasteiger partial charge < -0.3 is 20.1 Å². The van der Waals surface area contributed by atoms with Crippen molar-refractivity contribution in [3.05, 3.63) is 22.4 Å². The lowest BCUT2D eigenvalue weighted by Crippen LogP contribution is -2.39. The fourth-order valence-electron chi connectivity index (χ4n) is 3.78. The van der Waals surface area contributed by atoms with Crippen molar-refractivity contribution in [1.29, 1.82) is 0 Å². The summed E-state index contributed by atoms with van der Waals surface area (Å²) in [5.74, 6) is 1.50. The molecule has 2 unspecified atom stereocenters. The van der Waals surface area contributed by atoms with Crippen LogP contribution in [0.2, 0.25) is 0 Å². The molecule has 29 heavy (non-hydrogen) atoms. The maximum atomic E-state index is 5.79. The van der Waals surface area contributed by atoms with Crippen LogP contribution in [0.15, 0.2) is 22.5 Å². The van der Waals surface area contributed by atoms with Crippen LogP contribution in [0.3, 0.4) is 0 Å². The molecule has 166 valence electrons. The Morgan fingerprint density at radius 3 is 2.93 bits per heavy atom.